The summed E-state index contributed by atoms with van der Waals surface area (Å²) in [4.78, 5) is 11.6. The number of primary sulfonamides is 1. The molecule has 7 nitrogen and oxygen atoms in total. The Labute approximate surface area is 238 Å². The minimum Gasteiger partial charge on any atom is -0.274 e. The van der Waals surface area contributed by atoms with Gasteiger partial charge in [-0.1, -0.05) is 92.2 Å². The largest absolute Gasteiger partial charge is 0.274 e. The Hall–Kier alpha value is -2.18. The van der Waals surface area contributed by atoms with Crippen molar-refractivity contribution in [1.29, 1.82) is 0 Å². The van der Waals surface area contributed by atoms with Gasteiger partial charge in [-0.05, 0) is 46.0 Å². The van der Waals surface area contributed by atoms with Crippen LogP contribution in [0.15, 0.2) is 76.1 Å². The number of carbonyl (C=O) groups is 1. The predicted molar refractivity (Wildman–Crippen MR) is 160 cm³/mol. The van der Waals surface area contributed by atoms with E-state index in [1.165, 1.54) is 6.07 Å². The van der Waals surface area contributed by atoms with Crippen LogP contribution >= 0.6 is 27.7 Å². The molecule has 3 aromatic carbocycles. The van der Waals surface area contributed by atoms with Crippen LogP contribution in [0.1, 0.15) is 56.1 Å². The van der Waals surface area contributed by atoms with E-state index in [4.69, 9.17) is 5.14 Å². The highest BCUT2D eigenvalue weighted by Crippen LogP contribution is 2.36. The zero-order valence-electron chi connectivity index (χ0n) is 21.8. The first kappa shape index (κ1) is 32.0. The van der Waals surface area contributed by atoms with Crippen LogP contribution in [0.2, 0.25) is 0 Å². The van der Waals surface area contributed by atoms with Gasteiger partial charge < -0.3 is 0 Å². The third-order valence-corrected chi connectivity index (χ3v) is 9.76. The summed E-state index contributed by atoms with van der Waals surface area (Å²) >= 11 is 5.17. The van der Waals surface area contributed by atoms with Gasteiger partial charge in [0.15, 0.2) is 0 Å². The van der Waals surface area contributed by atoms with Crippen molar-refractivity contribution in [3.8, 4) is 11.1 Å². The van der Waals surface area contributed by atoms with Crippen LogP contribution in [-0.2, 0) is 36.3 Å². The SMILES string of the molecule is CC.CC.NS(=O)(=O)c1cccc(-c2ccc(CSCc3ccc(C4CC(=O)NS4(=O)=O)c(Br)c3)cc2)c1. The van der Waals surface area contributed by atoms with Crippen molar-refractivity contribution in [3.05, 3.63) is 87.9 Å². The van der Waals surface area contributed by atoms with E-state index < -0.39 is 31.2 Å². The maximum Gasteiger partial charge on any atom is 0.242 e. The molecule has 4 rings (SSSR count). The number of nitrogens with two attached hydrogens (primary N) is 1. The van der Waals surface area contributed by atoms with Gasteiger partial charge in [0.1, 0.15) is 5.25 Å². The lowest BCUT2D eigenvalue weighted by Crippen LogP contribution is -2.21. The van der Waals surface area contributed by atoms with Gasteiger partial charge in [-0.25, -0.2) is 22.0 Å². The van der Waals surface area contributed by atoms with E-state index in [-0.39, 0.29) is 11.3 Å². The third kappa shape index (κ3) is 8.41. The molecule has 1 fully saturated rings. The molecule has 3 aromatic rings. The molecule has 1 aliphatic rings. The second-order valence-electron chi connectivity index (χ2n) is 7.88. The molecule has 0 aliphatic carbocycles. The number of hydrogen-bond acceptors (Lipinski definition) is 6. The minimum atomic E-state index is -3.75. The number of carbonyl (C=O) groups excluding carboxylic acids is 1. The predicted octanol–water partition coefficient (Wildman–Crippen LogP) is 6.14. The molecule has 1 aliphatic heterocycles. The molecule has 0 saturated carbocycles. The Kier molecular flexibility index (Phi) is 12.0. The highest BCUT2D eigenvalue weighted by Gasteiger charge is 2.38. The molecule has 0 spiro atoms. The van der Waals surface area contributed by atoms with Gasteiger partial charge in [0.2, 0.25) is 26.0 Å². The monoisotopic (exact) mass is 640 g/mol. The fourth-order valence-corrected chi connectivity index (χ4v) is 7.49. The number of rotatable bonds is 7. The molecule has 3 N–H and O–H groups in total. The number of hydrogen-bond donors (Lipinski definition) is 2. The van der Waals surface area contributed by atoms with Crippen molar-refractivity contribution in [3.63, 3.8) is 0 Å². The average molecular weight is 642 g/mol. The highest BCUT2D eigenvalue weighted by molar-refractivity contribution is 9.10. The summed E-state index contributed by atoms with van der Waals surface area (Å²) in [6.07, 6.45) is -0.0721. The van der Waals surface area contributed by atoms with E-state index in [2.05, 4.69) is 15.9 Å². The Balaban J connectivity index is 0.00000121. The number of thioether (sulfide) groups is 1. The van der Waals surface area contributed by atoms with E-state index in [0.717, 1.165) is 33.8 Å². The van der Waals surface area contributed by atoms with E-state index >= 15 is 0 Å². The highest BCUT2D eigenvalue weighted by atomic mass is 79.9. The standard InChI is InChI=1S/C23H21BrN2O5S3.2C2H6/c24-21-10-16(6-9-20(21)22-12-23(27)26-34(22,30)31)14-32-13-15-4-7-17(8-5-15)18-2-1-3-19(11-18)33(25,28)29;2*1-2/h1-11,22H,12-14H2,(H,26,27)(H2,25,28,29);2*1-2H3. The quantitative estimate of drug-likeness (QED) is 0.320. The van der Waals surface area contributed by atoms with Crippen LogP contribution in [-0.4, -0.2) is 22.7 Å². The van der Waals surface area contributed by atoms with Gasteiger partial charge in [-0.2, -0.15) is 11.8 Å². The molecule has 206 valence electrons. The van der Waals surface area contributed by atoms with Crippen molar-refractivity contribution < 1.29 is 21.6 Å². The maximum absolute atomic E-state index is 12.1. The molecule has 1 unspecified atom stereocenters. The smallest absolute Gasteiger partial charge is 0.242 e. The van der Waals surface area contributed by atoms with Gasteiger partial charge in [0, 0.05) is 16.0 Å². The topological polar surface area (TPSA) is 123 Å². The van der Waals surface area contributed by atoms with Crippen LogP contribution in [0.5, 0.6) is 0 Å². The summed E-state index contributed by atoms with van der Waals surface area (Å²) in [7, 11) is -7.44. The Morgan fingerprint density at radius 1 is 0.921 bits per heavy atom. The Morgan fingerprint density at radius 3 is 2.08 bits per heavy atom. The zero-order valence-corrected chi connectivity index (χ0v) is 25.8. The number of halogens is 1. The molecule has 11 heteroatoms. The average Bonchev–Trinajstić information content (AvgIpc) is 3.18. The maximum atomic E-state index is 12.1. The first-order chi connectivity index (χ1) is 18.0. The van der Waals surface area contributed by atoms with Crippen molar-refractivity contribution in [1.82, 2.24) is 4.72 Å². The van der Waals surface area contributed by atoms with Gasteiger partial charge in [0.05, 0.1) is 11.3 Å². The van der Waals surface area contributed by atoms with E-state index in [1.807, 2.05) is 74.9 Å². The second kappa shape index (κ2) is 14.3. The van der Waals surface area contributed by atoms with E-state index in [1.54, 1.807) is 30.0 Å². The summed E-state index contributed by atoms with van der Waals surface area (Å²) in [6.45, 7) is 8.00. The van der Waals surface area contributed by atoms with Crippen LogP contribution in [0.25, 0.3) is 11.1 Å². The Bertz CT molecular complexity index is 1460. The van der Waals surface area contributed by atoms with Crippen LogP contribution in [0, 0.1) is 0 Å². The van der Waals surface area contributed by atoms with Gasteiger partial charge in [-0.15, -0.1) is 0 Å². The molecular weight excluding hydrogens is 608 g/mol. The first-order valence-corrected chi connectivity index (χ1v) is 17.2. The number of benzene rings is 3. The van der Waals surface area contributed by atoms with Gasteiger partial charge in [0.25, 0.3) is 0 Å². The molecule has 0 aromatic heterocycles. The van der Waals surface area contributed by atoms with Crippen molar-refractivity contribution >= 4 is 53.6 Å². The fourth-order valence-electron chi connectivity index (χ4n) is 3.68. The lowest BCUT2D eigenvalue weighted by atomic mass is 10.0. The first-order valence-electron chi connectivity index (χ1n) is 12.2. The summed E-state index contributed by atoms with van der Waals surface area (Å²) in [5, 5.41) is 4.35. The summed E-state index contributed by atoms with van der Waals surface area (Å²) in [6, 6.07) is 20.0. The lowest BCUT2D eigenvalue weighted by molar-refractivity contribution is -0.118. The van der Waals surface area contributed by atoms with Gasteiger partial charge in [-0.3, -0.25) is 9.52 Å². The van der Waals surface area contributed by atoms with Crippen molar-refractivity contribution in [2.45, 2.75) is 55.8 Å². The van der Waals surface area contributed by atoms with Crippen LogP contribution in [0.4, 0.5) is 0 Å². The Morgan fingerprint density at radius 2 is 1.53 bits per heavy atom. The summed E-state index contributed by atoms with van der Waals surface area (Å²) in [5.41, 5.74) is 4.40. The zero-order chi connectivity index (χ0) is 28.5. The molecule has 1 heterocycles. The van der Waals surface area contributed by atoms with Crippen LogP contribution in [0.3, 0.4) is 0 Å². The normalized spacial score (nSPS) is 15.9. The number of nitrogens with one attached hydrogen (secondary N) is 1. The van der Waals surface area contributed by atoms with Crippen LogP contribution < -0.4 is 9.86 Å². The fraction of sp³-hybridized carbons (Fsp3) is 0.296. The third-order valence-electron chi connectivity index (χ3n) is 5.40. The van der Waals surface area contributed by atoms with Crippen molar-refractivity contribution in [2.75, 3.05) is 0 Å². The molecular formula is C27H33BrN2O5S3. The minimum absolute atomic E-state index is 0.0721. The van der Waals surface area contributed by atoms with E-state index in [0.29, 0.717) is 10.0 Å². The molecule has 1 amide bonds. The van der Waals surface area contributed by atoms with E-state index in [9.17, 15) is 21.6 Å². The molecule has 38 heavy (non-hydrogen) atoms. The number of sulfonamides is 2. The molecule has 1 saturated heterocycles. The lowest BCUT2D eigenvalue weighted by Gasteiger charge is -2.12. The molecule has 1 atom stereocenters. The molecule has 0 bridgehead atoms. The van der Waals surface area contributed by atoms with Crippen molar-refractivity contribution in [2.24, 2.45) is 5.14 Å². The number of amides is 1. The second-order valence-corrected chi connectivity index (χ2v) is 13.1. The van der Waals surface area contributed by atoms with Gasteiger partial charge >= 0.3 is 0 Å². The summed E-state index contributed by atoms with van der Waals surface area (Å²) in [5.74, 6) is 1.01. The molecule has 0 radical (unpaired) electrons. The summed E-state index contributed by atoms with van der Waals surface area (Å²) < 4.78 is 50.1.